The lowest BCUT2D eigenvalue weighted by Gasteiger charge is -1.99. The molecule has 78 valence electrons. The highest BCUT2D eigenvalue weighted by atomic mass is 35.5. The van der Waals surface area contributed by atoms with Crippen LogP contribution < -0.4 is 0 Å². The topological polar surface area (TPSA) is 17.8 Å². The monoisotopic (exact) mass is 228 g/mol. The van der Waals surface area contributed by atoms with Crippen LogP contribution in [0.15, 0.2) is 24.3 Å². The highest BCUT2D eigenvalue weighted by molar-refractivity contribution is 6.29. The van der Waals surface area contributed by atoms with E-state index in [1.807, 2.05) is 0 Å². The Hall–Kier alpha value is -1.42. The highest BCUT2D eigenvalue weighted by Gasteiger charge is 2.14. The predicted molar refractivity (Wildman–Crippen MR) is 53.6 cm³/mol. The van der Waals surface area contributed by atoms with Crippen molar-refractivity contribution in [3.05, 3.63) is 41.1 Å². The lowest BCUT2D eigenvalue weighted by Crippen LogP contribution is -1.93. The summed E-state index contributed by atoms with van der Waals surface area (Å²) in [6, 6.07) is 5.09. The largest absolute Gasteiger partial charge is 0.256 e. The van der Waals surface area contributed by atoms with E-state index in [1.54, 1.807) is 7.05 Å². The van der Waals surface area contributed by atoms with Crippen LogP contribution in [0.25, 0.3) is 11.3 Å². The number of hydrogen-bond acceptors (Lipinski definition) is 1. The van der Waals surface area contributed by atoms with E-state index >= 15 is 0 Å². The second-order valence-corrected chi connectivity index (χ2v) is 3.46. The maximum absolute atomic E-state index is 13.3. The minimum Gasteiger partial charge on any atom is -0.256 e. The number of nitrogens with zero attached hydrogens (tertiary/aromatic N) is 2. The molecule has 15 heavy (non-hydrogen) atoms. The van der Waals surface area contributed by atoms with Crippen molar-refractivity contribution in [2.24, 2.45) is 7.05 Å². The summed E-state index contributed by atoms with van der Waals surface area (Å²) in [4.78, 5) is 0. The Labute approximate surface area is 90.1 Å². The average molecular weight is 229 g/mol. The SMILES string of the molecule is Cn1nc(-c2c(F)cccc2F)cc1Cl. The fourth-order valence-corrected chi connectivity index (χ4v) is 1.45. The molecular weight excluding hydrogens is 222 g/mol. The molecule has 0 aliphatic rings. The molecule has 1 aromatic heterocycles. The van der Waals surface area contributed by atoms with Gasteiger partial charge in [0.1, 0.15) is 16.8 Å². The van der Waals surface area contributed by atoms with Gasteiger partial charge in [0, 0.05) is 13.1 Å². The van der Waals surface area contributed by atoms with E-state index in [0.29, 0.717) is 5.15 Å². The van der Waals surface area contributed by atoms with Gasteiger partial charge < -0.3 is 0 Å². The molecule has 0 amide bonds. The van der Waals surface area contributed by atoms with E-state index in [4.69, 9.17) is 11.6 Å². The van der Waals surface area contributed by atoms with Gasteiger partial charge in [-0.1, -0.05) is 17.7 Å². The summed E-state index contributed by atoms with van der Waals surface area (Å²) in [5.41, 5.74) is 0.0399. The summed E-state index contributed by atoms with van der Waals surface area (Å²) in [5, 5.41) is 4.23. The number of aryl methyl sites for hydroxylation is 1. The number of rotatable bonds is 1. The molecule has 0 saturated carbocycles. The molecule has 0 radical (unpaired) electrons. The van der Waals surface area contributed by atoms with Crippen LogP contribution in [-0.4, -0.2) is 9.78 Å². The van der Waals surface area contributed by atoms with Crippen molar-refractivity contribution in [2.75, 3.05) is 0 Å². The zero-order valence-electron chi connectivity index (χ0n) is 7.84. The number of aromatic nitrogens is 2. The first-order valence-electron chi connectivity index (χ1n) is 4.23. The lowest BCUT2D eigenvalue weighted by molar-refractivity contribution is 0.587. The molecule has 0 bridgehead atoms. The lowest BCUT2D eigenvalue weighted by atomic mass is 10.1. The summed E-state index contributed by atoms with van der Waals surface area (Å²) in [5.74, 6) is -1.30. The third-order valence-corrected chi connectivity index (χ3v) is 2.40. The molecule has 0 aliphatic carbocycles. The van der Waals surface area contributed by atoms with Gasteiger partial charge in [-0.25, -0.2) is 8.78 Å². The van der Waals surface area contributed by atoms with Gasteiger partial charge in [0.25, 0.3) is 0 Å². The van der Waals surface area contributed by atoms with E-state index in [0.717, 1.165) is 0 Å². The van der Waals surface area contributed by atoms with Gasteiger partial charge in [-0.05, 0) is 12.1 Å². The van der Waals surface area contributed by atoms with Crippen LogP contribution in [0.1, 0.15) is 0 Å². The van der Waals surface area contributed by atoms with Gasteiger partial charge >= 0.3 is 0 Å². The van der Waals surface area contributed by atoms with Gasteiger partial charge in [-0.2, -0.15) is 5.10 Å². The minimum atomic E-state index is -0.648. The van der Waals surface area contributed by atoms with Gasteiger partial charge in [0.2, 0.25) is 0 Å². The molecule has 1 aromatic carbocycles. The molecule has 2 rings (SSSR count). The fourth-order valence-electron chi connectivity index (χ4n) is 1.31. The summed E-state index contributed by atoms with van der Waals surface area (Å²) >= 11 is 5.74. The highest BCUT2D eigenvalue weighted by Crippen LogP contribution is 2.26. The van der Waals surface area contributed by atoms with E-state index in [1.165, 1.54) is 28.9 Å². The van der Waals surface area contributed by atoms with Crippen LogP contribution >= 0.6 is 11.6 Å². The van der Waals surface area contributed by atoms with Crippen LogP contribution in [0.2, 0.25) is 5.15 Å². The van der Waals surface area contributed by atoms with Crippen molar-refractivity contribution in [1.29, 1.82) is 0 Å². The van der Waals surface area contributed by atoms with Gasteiger partial charge in [0.15, 0.2) is 0 Å². The van der Waals surface area contributed by atoms with Crippen LogP contribution in [-0.2, 0) is 7.05 Å². The first-order valence-corrected chi connectivity index (χ1v) is 4.61. The Morgan fingerprint density at radius 3 is 2.33 bits per heavy atom. The molecule has 0 atom stereocenters. The Bertz CT molecular complexity index is 468. The molecule has 0 N–H and O–H groups in total. The smallest absolute Gasteiger partial charge is 0.135 e. The average Bonchev–Trinajstić information content (AvgIpc) is 2.46. The van der Waals surface area contributed by atoms with Crippen molar-refractivity contribution in [3.8, 4) is 11.3 Å². The second kappa shape index (κ2) is 3.62. The zero-order valence-corrected chi connectivity index (χ0v) is 8.59. The molecule has 0 unspecified atom stereocenters. The summed E-state index contributed by atoms with van der Waals surface area (Å²) in [7, 11) is 1.60. The van der Waals surface area contributed by atoms with Crippen molar-refractivity contribution >= 4 is 11.6 Å². The summed E-state index contributed by atoms with van der Waals surface area (Å²) in [6.45, 7) is 0. The van der Waals surface area contributed by atoms with Gasteiger partial charge in [0.05, 0.1) is 11.3 Å². The predicted octanol–water partition coefficient (Wildman–Crippen LogP) is 3.02. The molecule has 2 aromatic rings. The molecule has 0 spiro atoms. The van der Waals surface area contributed by atoms with Gasteiger partial charge in [-0.3, -0.25) is 4.68 Å². The Balaban J connectivity index is 2.63. The standard InChI is InChI=1S/C10H7ClF2N2/c1-15-9(11)5-8(14-15)10-6(12)3-2-4-7(10)13/h2-5H,1H3. The number of hydrogen-bond donors (Lipinski definition) is 0. The summed E-state index contributed by atoms with van der Waals surface area (Å²) < 4.78 is 28.0. The fraction of sp³-hybridized carbons (Fsp3) is 0.100. The zero-order chi connectivity index (χ0) is 11.0. The van der Waals surface area contributed by atoms with Crippen LogP contribution in [0.3, 0.4) is 0 Å². The molecule has 0 aliphatic heterocycles. The Kier molecular flexibility index (Phi) is 2.44. The van der Waals surface area contributed by atoms with Crippen LogP contribution in [0.5, 0.6) is 0 Å². The molecular formula is C10H7ClF2N2. The van der Waals surface area contributed by atoms with E-state index < -0.39 is 11.6 Å². The number of halogens is 3. The first kappa shape index (κ1) is 10.1. The second-order valence-electron chi connectivity index (χ2n) is 3.07. The maximum Gasteiger partial charge on any atom is 0.135 e. The van der Waals surface area contributed by atoms with E-state index in [2.05, 4.69) is 5.10 Å². The number of benzene rings is 1. The summed E-state index contributed by atoms with van der Waals surface area (Å²) in [6.07, 6.45) is 0. The third-order valence-electron chi connectivity index (χ3n) is 2.04. The first-order chi connectivity index (χ1) is 7.09. The maximum atomic E-state index is 13.3. The van der Waals surface area contributed by atoms with Crippen molar-refractivity contribution in [2.45, 2.75) is 0 Å². The molecule has 0 saturated heterocycles. The molecule has 5 heteroatoms. The van der Waals surface area contributed by atoms with Crippen LogP contribution in [0, 0.1) is 11.6 Å². The van der Waals surface area contributed by atoms with E-state index in [-0.39, 0.29) is 11.3 Å². The Morgan fingerprint density at radius 2 is 1.87 bits per heavy atom. The third kappa shape index (κ3) is 1.72. The normalized spacial score (nSPS) is 10.7. The Morgan fingerprint density at radius 1 is 1.27 bits per heavy atom. The molecule has 0 fully saturated rings. The quantitative estimate of drug-likeness (QED) is 0.734. The molecule has 1 heterocycles. The van der Waals surface area contributed by atoms with Gasteiger partial charge in [-0.15, -0.1) is 0 Å². The minimum absolute atomic E-state index is 0.153. The van der Waals surface area contributed by atoms with Crippen molar-refractivity contribution in [1.82, 2.24) is 9.78 Å². The van der Waals surface area contributed by atoms with Crippen LogP contribution in [0.4, 0.5) is 8.78 Å². The van der Waals surface area contributed by atoms with Crippen molar-refractivity contribution in [3.63, 3.8) is 0 Å². The van der Waals surface area contributed by atoms with E-state index in [9.17, 15) is 8.78 Å². The molecule has 2 nitrogen and oxygen atoms in total. The van der Waals surface area contributed by atoms with Crippen molar-refractivity contribution < 1.29 is 8.78 Å².